The Morgan fingerprint density at radius 2 is 2.24 bits per heavy atom. The molecule has 0 bridgehead atoms. The number of rotatable bonds is 7. The SMILES string of the molecule is O=[N+]([O-])c1nccn1COC(CO)[C@@H](O)CO. The molecular weight excluding hydrogens is 234 g/mol. The van der Waals surface area contributed by atoms with Gasteiger partial charge in [-0.25, -0.2) is 4.57 Å². The first-order valence-corrected chi connectivity index (χ1v) is 4.77. The minimum absolute atomic E-state index is 0.251. The molecule has 1 unspecified atom stereocenters. The van der Waals surface area contributed by atoms with Gasteiger partial charge in [0.05, 0.1) is 13.2 Å². The standard InChI is InChI=1S/C8H13N3O6/c12-3-6(14)7(4-13)17-5-10-2-1-9-8(10)11(15)16/h1-2,6-7,12-14H,3-5H2/t6-,7?/m0/s1. The molecule has 0 saturated heterocycles. The summed E-state index contributed by atoms with van der Waals surface area (Å²) < 4.78 is 6.14. The molecule has 1 heterocycles. The maximum atomic E-state index is 10.5. The van der Waals surface area contributed by atoms with Crippen LogP contribution in [0.2, 0.25) is 0 Å². The topological polar surface area (TPSA) is 131 Å². The predicted octanol–water partition coefficient (Wildman–Crippen LogP) is -1.52. The number of hydrogen-bond acceptors (Lipinski definition) is 7. The molecule has 9 heteroatoms. The highest BCUT2D eigenvalue weighted by Gasteiger charge is 2.21. The summed E-state index contributed by atoms with van der Waals surface area (Å²) >= 11 is 0. The number of imidazole rings is 1. The number of ether oxygens (including phenoxy) is 1. The predicted molar refractivity (Wildman–Crippen MR) is 53.9 cm³/mol. The summed E-state index contributed by atoms with van der Waals surface area (Å²) in [7, 11) is 0. The van der Waals surface area contributed by atoms with Gasteiger partial charge in [-0.15, -0.1) is 0 Å². The molecule has 2 atom stereocenters. The molecule has 96 valence electrons. The van der Waals surface area contributed by atoms with Crippen molar-refractivity contribution >= 4 is 5.95 Å². The van der Waals surface area contributed by atoms with Crippen molar-refractivity contribution in [2.45, 2.75) is 18.9 Å². The van der Waals surface area contributed by atoms with E-state index in [0.717, 1.165) is 4.57 Å². The van der Waals surface area contributed by atoms with E-state index in [-0.39, 0.29) is 6.73 Å². The van der Waals surface area contributed by atoms with Crippen molar-refractivity contribution in [3.05, 3.63) is 22.5 Å². The Kier molecular flexibility index (Phi) is 4.97. The van der Waals surface area contributed by atoms with E-state index in [1.165, 1.54) is 12.4 Å². The fraction of sp³-hybridized carbons (Fsp3) is 0.625. The van der Waals surface area contributed by atoms with Gasteiger partial charge in [-0.05, 0) is 4.92 Å². The molecule has 1 rings (SSSR count). The molecule has 9 nitrogen and oxygen atoms in total. The zero-order valence-electron chi connectivity index (χ0n) is 8.84. The van der Waals surface area contributed by atoms with Crippen LogP contribution in [0.25, 0.3) is 0 Å². The molecule has 0 amide bonds. The lowest BCUT2D eigenvalue weighted by Crippen LogP contribution is -2.35. The van der Waals surface area contributed by atoms with Gasteiger partial charge >= 0.3 is 5.95 Å². The van der Waals surface area contributed by atoms with Crippen molar-refractivity contribution in [3.63, 3.8) is 0 Å². The van der Waals surface area contributed by atoms with Gasteiger partial charge in [0, 0.05) is 0 Å². The molecule has 0 aliphatic carbocycles. The second kappa shape index (κ2) is 6.25. The number of nitrogens with zero attached hydrogens (tertiary/aromatic N) is 3. The van der Waals surface area contributed by atoms with E-state index in [1.807, 2.05) is 0 Å². The Morgan fingerprint density at radius 1 is 1.53 bits per heavy atom. The Hall–Kier alpha value is -1.55. The zero-order chi connectivity index (χ0) is 12.8. The summed E-state index contributed by atoms with van der Waals surface area (Å²) in [6, 6.07) is 0. The average Bonchev–Trinajstić information content (AvgIpc) is 2.77. The number of nitro groups is 1. The molecule has 0 aromatic carbocycles. The van der Waals surface area contributed by atoms with E-state index in [4.69, 9.17) is 14.9 Å². The highest BCUT2D eigenvalue weighted by Crippen LogP contribution is 2.09. The van der Waals surface area contributed by atoms with Gasteiger partial charge in [0.1, 0.15) is 24.6 Å². The zero-order valence-corrected chi connectivity index (χ0v) is 8.84. The number of aliphatic hydroxyl groups excluding tert-OH is 3. The molecule has 0 aliphatic rings. The second-order valence-electron chi connectivity index (χ2n) is 3.22. The van der Waals surface area contributed by atoms with Crippen LogP contribution >= 0.6 is 0 Å². The molecule has 3 N–H and O–H groups in total. The van der Waals surface area contributed by atoms with Crippen molar-refractivity contribution in [3.8, 4) is 0 Å². The van der Waals surface area contributed by atoms with Crippen LogP contribution in [-0.2, 0) is 11.5 Å². The third-order valence-electron chi connectivity index (χ3n) is 2.08. The maximum absolute atomic E-state index is 10.5. The number of aromatic nitrogens is 2. The van der Waals surface area contributed by atoms with E-state index in [2.05, 4.69) is 4.98 Å². The maximum Gasteiger partial charge on any atom is 0.436 e. The van der Waals surface area contributed by atoms with Crippen molar-refractivity contribution in [1.29, 1.82) is 0 Å². The van der Waals surface area contributed by atoms with Crippen molar-refractivity contribution in [1.82, 2.24) is 9.55 Å². The first kappa shape index (κ1) is 13.5. The lowest BCUT2D eigenvalue weighted by atomic mass is 10.2. The quantitative estimate of drug-likeness (QED) is 0.394. The Morgan fingerprint density at radius 3 is 2.76 bits per heavy atom. The fourth-order valence-corrected chi connectivity index (χ4v) is 1.15. The molecule has 0 spiro atoms. The van der Waals surface area contributed by atoms with Gasteiger partial charge in [-0.1, -0.05) is 4.98 Å². The molecule has 0 aliphatic heterocycles. The van der Waals surface area contributed by atoms with Gasteiger partial charge in [0.2, 0.25) is 0 Å². The normalized spacial score (nSPS) is 14.5. The lowest BCUT2D eigenvalue weighted by Gasteiger charge is -2.18. The van der Waals surface area contributed by atoms with Crippen LogP contribution in [0.3, 0.4) is 0 Å². The Balaban J connectivity index is 2.59. The monoisotopic (exact) mass is 247 g/mol. The summed E-state index contributed by atoms with van der Waals surface area (Å²) in [5.74, 6) is -0.403. The third kappa shape index (κ3) is 3.46. The lowest BCUT2D eigenvalue weighted by molar-refractivity contribution is -0.397. The summed E-state index contributed by atoms with van der Waals surface area (Å²) in [6.07, 6.45) is 0.306. The molecule has 1 aromatic heterocycles. The van der Waals surface area contributed by atoms with Crippen LogP contribution in [0.5, 0.6) is 0 Å². The van der Waals surface area contributed by atoms with Gasteiger partial charge in [0.15, 0.2) is 6.73 Å². The van der Waals surface area contributed by atoms with Crippen molar-refractivity contribution in [2.24, 2.45) is 0 Å². The smallest absolute Gasteiger partial charge is 0.394 e. The van der Waals surface area contributed by atoms with Crippen LogP contribution < -0.4 is 0 Å². The minimum atomic E-state index is -1.25. The molecule has 17 heavy (non-hydrogen) atoms. The van der Waals surface area contributed by atoms with Gasteiger partial charge in [0.25, 0.3) is 0 Å². The van der Waals surface area contributed by atoms with Gasteiger partial charge in [-0.3, -0.25) is 0 Å². The van der Waals surface area contributed by atoms with Crippen molar-refractivity contribution < 1.29 is 25.0 Å². The summed E-state index contributed by atoms with van der Waals surface area (Å²) in [5.41, 5.74) is 0. The fourth-order valence-electron chi connectivity index (χ4n) is 1.15. The van der Waals surface area contributed by atoms with Gasteiger partial charge < -0.3 is 30.2 Å². The van der Waals surface area contributed by atoms with Gasteiger partial charge in [-0.2, -0.15) is 0 Å². The summed E-state index contributed by atoms with van der Waals surface area (Å²) in [5, 5.41) is 37.3. The second-order valence-corrected chi connectivity index (χ2v) is 3.22. The number of aliphatic hydroxyl groups is 3. The van der Waals surface area contributed by atoms with E-state index in [9.17, 15) is 15.2 Å². The molecule has 1 aromatic rings. The Labute approximate surface area is 96.0 Å². The highest BCUT2D eigenvalue weighted by atomic mass is 16.6. The molecule has 0 saturated carbocycles. The van der Waals surface area contributed by atoms with Crippen LogP contribution in [0.1, 0.15) is 0 Å². The van der Waals surface area contributed by atoms with E-state index in [0.29, 0.717) is 0 Å². The number of hydrogen-bond donors (Lipinski definition) is 3. The van der Waals surface area contributed by atoms with Crippen LogP contribution in [0, 0.1) is 10.1 Å². The Bertz CT molecular complexity index is 368. The minimum Gasteiger partial charge on any atom is -0.394 e. The summed E-state index contributed by atoms with van der Waals surface area (Å²) in [6.45, 7) is -1.33. The van der Waals surface area contributed by atoms with Crippen LogP contribution in [-0.4, -0.2) is 55.2 Å². The first-order valence-electron chi connectivity index (χ1n) is 4.77. The van der Waals surface area contributed by atoms with E-state index >= 15 is 0 Å². The molecule has 0 radical (unpaired) electrons. The average molecular weight is 247 g/mol. The molecular formula is C8H13N3O6. The summed E-state index contributed by atoms with van der Waals surface area (Å²) in [4.78, 5) is 13.3. The van der Waals surface area contributed by atoms with Crippen LogP contribution in [0.4, 0.5) is 5.95 Å². The van der Waals surface area contributed by atoms with E-state index < -0.39 is 36.3 Å². The molecule has 0 fully saturated rings. The third-order valence-corrected chi connectivity index (χ3v) is 2.08. The highest BCUT2D eigenvalue weighted by molar-refractivity contribution is 5.05. The van der Waals surface area contributed by atoms with Crippen LogP contribution in [0.15, 0.2) is 12.4 Å². The first-order chi connectivity index (χ1) is 8.10. The largest absolute Gasteiger partial charge is 0.436 e. The van der Waals surface area contributed by atoms with E-state index in [1.54, 1.807) is 0 Å². The van der Waals surface area contributed by atoms with Crippen molar-refractivity contribution in [2.75, 3.05) is 13.2 Å².